The lowest BCUT2D eigenvalue weighted by Crippen LogP contribution is -2.60. The third-order valence-electron chi connectivity index (χ3n) is 5.67. The van der Waals surface area contributed by atoms with Crippen molar-refractivity contribution in [2.45, 2.75) is 57.4 Å². The van der Waals surface area contributed by atoms with Crippen LogP contribution < -0.4 is 4.74 Å². The maximum Gasteiger partial charge on any atom is 0.203 e. The van der Waals surface area contributed by atoms with E-state index in [2.05, 4.69) is 72.0 Å². The Hall–Kier alpha value is -1.37. The van der Waals surface area contributed by atoms with Gasteiger partial charge in [-0.3, -0.25) is 0 Å². The van der Waals surface area contributed by atoms with Crippen LogP contribution in [0.25, 0.3) is 0 Å². The molecule has 0 unspecified atom stereocenters. The number of aryl methyl sites for hydroxylation is 1. The van der Waals surface area contributed by atoms with Crippen LogP contribution in [0.1, 0.15) is 54.5 Å². The van der Waals surface area contributed by atoms with Gasteiger partial charge in [-0.2, -0.15) is 5.10 Å². The Kier molecular flexibility index (Phi) is 3.98. The van der Waals surface area contributed by atoms with Crippen LogP contribution in [0, 0.1) is 6.92 Å². The maximum absolute atomic E-state index is 6.68. The quantitative estimate of drug-likeness (QED) is 0.567. The Morgan fingerprint density at radius 3 is 2.85 bits per heavy atom. The molecule has 4 nitrogen and oxygen atoms in total. The number of halogens is 1. The van der Waals surface area contributed by atoms with Gasteiger partial charge in [0.25, 0.3) is 0 Å². The van der Waals surface area contributed by atoms with Gasteiger partial charge < -0.3 is 9.47 Å². The SMILES string of the molecule is Cc1ccc(C2=NN3[C@H](C2)c2cc(Br)ccc2O[C@]32CCOC(C)(C)C2)s1. The molecule has 0 aliphatic carbocycles. The Morgan fingerprint density at radius 1 is 1.26 bits per heavy atom. The highest BCUT2D eigenvalue weighted by molar-refractivity contribution is 9.10. The van der Waals surface area contributed by atoms with Gasteiger partial charge in [0.15, 0.2) is 0 Å². The molecule has 1 aromatic carbocycles. The minimum atomic E-state index is -0.443. The molecule has 3 aliphatic rings. The molecule has 0 N–H and O–H groups in total. The van der Waals surface area contributed by atoms with Gasteiger partial charge in [0.1, 0.15) is 5.75 Å². The molecule has 1 fully saturated rings. The number of nitrogens with zero attached hydrogens (tertiary/aromatic N) is 2. The van der Waals surface area contributed by atoms with E-state index in [0.717, 1.165) is 35.2 Å². The highest BCUT2D eigenvalue weighted by Crippen LogP contribution is 2.52. The molecule has 0 amide bonds. The monoisotopic (exact) mass is 446 g/mol. The second-order valence-corrected chi connectivity index (χ2v) is 10.5. The molecular weight excluding hydrogens is 424 g/mol. The van der Waals surface area contributed by atoms with Gasteiger partial charge >= 0.3 is 0 Å². The smallest absolute Gasteiger partial charge is 0.203 e. The first-order valence-corrected chi connectivity index (χ1v) is 11.0. The molecule has 27 heavy (non-hydrogen) atoms. The van der Waals surface area contributed by atoms with E-state index in [0.29, 0.717) is 6.61 Å². The van der Waals surface area contributed by atoms with Crippen LogP contribution in [0.5, 0.6) is 5.75 Å². The van der Waals surface area contributed by atoms with Crippen molar-refractivity contribution >= 4 is 33.0 Å². The Bertz CT molecular complexity index is 938. The lowest BCUT2D eigenvalue weighted by atomic mass is 9.86. The first kappa shape index (κ1) is 17.7. The zero-order valence-electron chi connectivity index (χ0n) is 15.8. The number of rotatable bonds is 1. The molecule has 5 rings (SSSR count). The summed E-state index contributed by atoms with van der Waals surface area (Å²) in [7, 11) is 0. The molecule has 3 aliphatic heterocycles. The summed E-state index contributed by atoms with van der Waals surface area (Å²) < 4.78 is 13.8. The summed E-state index contributed by atoms with van der Waals surface area (Å²) in [5.74, 6) is 0.982. The number of fused-ring (bicyclic) bond motifs is 4. The van der Waals surface area contributed by atoms with Crippen molar-refractivity contribution in [3.8, 4) is 5.75 Å². The minimum absolute atomic E-state index is 0.206. The van der Waals surface area contributed by atoms with Gasteiger partial charge in [0.2, 0.25) is 5.72 Å². The second kappa shape index (κ2) is 6.06. The average molecular weight is 447 g/mol. The van der Waals surface area contributed by atoms with Crippen molar-refractivity contribution in [1.29, 1.82) is 0 Å². The van der Waals surface area contributed by atoms with Gasteiger partial charge in [-0.1, -0.05) is 15.9 Å². The summed E-state index contributed by atoms with van der Waals surface area (Å²) in [6.07, 6.45) is 2.53. The lowest BCUT2D eigenvalue weighted by Gasteiger charge is -2.52. The lowest BCUT2D eigenvalue weighted by molar-refractivity contribution is -0.212. The van der Waals surface area contributed by atoms with Gasteiger partial charge in [-0.15, -0.1) is 11.3 Å². The van der Waals surface area contributed by atoms with E-state index in [9.17, 15) is 0 Å². The Morgan fingerprint density at radius 2 is 2.11 bits per heavy atom. The van der Waals surface area contributed by atoms with Crippen molar-refractivity contribution in [2.24, 2.45) is 5.10 Å². The molecule has 2 atom stereocenters. The van der Waals surface area contributed by atoms with Crippen LogP contribution in [0.15, 0.2) is 39.9 Å². The zero-order chi connectivity index (χ0) is 18.8. The van der Waals surface area contributed by atoms with Crippen molar-refractivity contribution in [3.05, 3.63) is 50.1 Å². The Labute approximate surface area is 172 Å². The molecular formula is C21H23BrN2O2S. The van der Waals surface area contributed by atoms with E-state index in [4.69, 9.17) is 14.6 Å². The van der Waals surface area contributed by atoms with Crippen molar-refractivity contribution in [3.63, 3.8) is 0 Å². The van der Waals surface area contributed by atoms with Gasteiger partial charge in [-0.25, -0.2) is 5.01 Å². The van der Waals surface area contributed by atoms with Crippen LogP contribution in [-0.2, 0) is 4.74 Å². The first-order chi connectivity index (χ1) is 12.9. The van der Waals surface area contributed by atoms with E-state index in [1.807, 2.05) is 11.3 Å². The third-order valence-corrected chi connectivity index (χ3v) is 7.21. The molecule has 1 aromatic heterocycles. The molecule has 0 saturated carbocycles. The predicted octanol–water partition coefficient (Wildman–Crippen LogP) is 5.65. The highest BCUT2D eigenvalue weighted by Gasteiger charge is 2.54. The summed E-state index contributed by atoms with van der Waals surface area (Å²) >= 11 is 5.44. The van der Waals surface area contributed by atoms with Crippen LogP contribution >= 0.6 is 27.3 Å². The molecule has 1 saturated heterocycles. The van der Waals surface area contributed by atoms with Crippen molar-refractivity contribution in [2.75, 3.05) is 6.61 Å². The summed E-state index contributed by atoms with van der Waals surface area (Å²) in [5.41, 5.74) is 1.71. The van der Waals surface area contributed by atoms with E-state index < -0.39 is 5.72 Å². The highest BCUT2D eigenvalue weighted by atomic mass is 79.9. The fourth-order valence-electron chi connectivity index (χ4n) is 4.56. The van der Waals surface area contributed by atoms with E-state index >= 15 is 0 Å². The van der Waals surface area contributed by atoms with Gasteiger partial charge in [0.05, 0.1) is 28.8 Å². The number of thiophene rings is 1. The number of hydrogen-bond donors (Lipinski definition) is 0. The number of hydrogen-bond acceptors (Lipinski definition) is 5. The Balaban J connectivity index is 1.62. The molecule has 142 valence electrons. The van der Waals surface area contributed by atoms with E-state index in [-0.39, 0.29) is 11.6 Å². The van der Waals surface area contributed by atoms with Crippen molar-refractivity contribution < 1.29 is 9.47 Å². The summed E-state index contributed by atoms with van der Waals surface area (Å²) in [6, 6.07) is 10.9. The molecule has 0 radical (unpaired) electrons. The van der Waals surface area contributed by atoms with Crippen molar-refractivity contribution in [1.82, 2.24) is 5.01 Å². The minimum Gasteiger partial charge on any atom is -0.466 e. The fourth-order valence-corrected chi connectivity index (χ4v) is 5.80. The van der Waals surface area contributed by atoms with Crippen LogP contribution in [-0.4, -0.2) is 28.7 Å². The third kappa shape index (κ3) is 2.93. The molecule has 0 bridgehead atoms. The summed E-state index contributed by atoms with van der Waals surface area (Å²) in [4.78, 5) is 2.58. The molecule has 1 spiro atoms. The zero-order valence-corrected chi connectivity index (χ0v) is 18.2. The molecule has 2 aromatic rings. The fraction of sp³-hybridized carbons (Fsp3) is 0.476. The van der Waals surface area contributed by atoms with E-state index in [1.165, 1.54) is 15.3 Å². The molecule has 4 heterocycles. The maximum atomic E-state index is 6.68. The normalized spacial score (nSPS) is 28.5. The largest absolute Gasteiger partial charge is 0.466 e. The van der Waals surface area contributed by atoms with Gasteiger partial charge in [0, 0.05) is 34.2 Å². The van der Waals surface area contributed by atoms with Crippen LogP contribution in [0.4, 0.5) is 0 Å². The van der Waals surface area contributed by atoms with Gasteiger partial charge in [-0.05, 0) is 51.1 Å². The van der Waals surface area contributed by atoms with Crippen LogP contribution in [0.2, 0.25) is 0 Å². The second-order valence-electron chi connectivity index (χ2n) is 8.29. The predicted molar refractivity (Wildman–Crippen MR) is 112 cm³/mol. The number of benzene rings is 1. The first-order valence-electron chi connectivity index (χ1n) is 9.41. The topological polar surface area (TPSA) is 34.1 Å². The van der Waals surface area contributed by atoms with E-state index in [1.54, 1.807) is 0 Å². The summed E-state index contributed by atoms with van der Waals surface area (Å²) in [5, 5.41) is 7.38. The summed E-state index contributed by atoms with van der Waals surface area (Å²) in [6.45, 7) is 7.12. The number of ether oxygens (including phenoxy) is 2. The number of hydrazone groups is 1. The molecule has 6 heteroatoms. The standard InChI is InChI=1S/C21H23BrN2O2S/c1-13-4-7-19(27-13)16-11-17-15-10-14(22)5-6-18(15)26-21(24(17)23-16)8-9-25-20(2,3)12-21/h4-7,10,17H,8-9,11-12H2,1-3H3/t17-,21+/m1/s1. The van der Waals surface area contributed by atoms with Crippen LogP contribution in [0.3, 0.4) is 0 Å². The average Bonchev–Trinajstić information content (AvgIpc) is 3.22.